The second-order valence-electron chi connectivity index (χ2n) is 8.28. The highest BCUT2D eigenvalue weighted by molar-refractivity contribution is 7.94. The van der Waals surface area contributed by atoms with Crippen molar-refractivity contribution in [3.63, 3.8) is 0 Å². The van der Waals surface area contributed by atoms with Gasteiger partial charge in [0.15, 0.2) is 5.65 Å². The van der Waals surface area contributed by atoms with Crippen LogP contribution in [-0.2, 0) is 4.33 Å². The molecule has 6 aromatic rings. The number of nitrogens with zero attached hydrogens (tertiary/aromatic N) is 2. The first-order valence-corrected chi connectivity index (χ1v) is 12.5. The van der Waals surface area contributed by atoms with Crippen LogP contribution in [-0.4, -0.2) is 9.71 Å². The molecule has 0 radical (unpaired) electrons. The van der Waals surface area contributed by atoms with Crippen molar-refractivity contribution >= 4 is 23.1 Å². The lowest BCUT2D eigenvalue weighted by Gasteiger charge is -2.11. The van der Waals surface area contributed by atoms with Gasteiger partial charge >= 0.3 is 0 Å². The van der Waals surface area contributed by atoms with E-state index in [-0.39, 0.29) is 0 Å². The molecule has 0 fully saturated rings. The van der Waals surface area contributed by atoms with Crippen molar-refractivity contribution in [1.82, 2.24) is 9.71 Å². The van der Waals surface area contributed by atoms with E-state index in [4.69, 9.17) is 19.0 Å². The maximum atomic E-state index is 6.27. The normalized spacial score (nSPS) is 10.9. The Bertz CT molecular complexity index is 1620. The number of hydrogen-bond acceptors (Lipinski definition) is 5. The molecule has 0 saturated heterocycles. The summed E-state index contributed by atoms with van der Waals surface area (Å²) in [6, 6.07) is 39.8. The number of pyridine rings is 1. The fraction of sp³-hybridized carbons (Fsp3) is 0. The number of rotatable bonds is 8. The summed E-state index contributed by atoms with van der Waals surface area (Å²) in [5.41, 5.74) is 4.56. The minimum atomic E-state index is 0.637. The van der Waals surface area contributed by atoms with Gasteiger partial charge in [0.2, 0.25) is 0 Å². The summed E-state index contributed by atoms with van der Waals surface area (Å²) in [7, 11) is 0. The predicted molar refractivity (Wildman–Crippen MR) is 147 cm³/mol. The molecule has 0 N–H and O–H groups in total. The molecule has 2 heterocycles. The Morgan fingerprint density at radius 1 is 0.649 bits per heavy atom. The van der Waals surface area contributed by atoms with Crippen LogP contribution in [0.5, 0.6) is 11.5 Å². The average Bonchev–Trinajstić information content (AvgIpc) is 3.32. The van der Waals surface area contributed by atoms with Gasteiger partial charge in [-0.3, -0.25) is 0 Å². The summed E-state index contributed by atoms with van der Waals surface area (Å²) in [5, 5.41) is 0.916. The third-order valence-corrected chi connectivity index (χ3v) is 6.45. The lowest BCUT2D eigenvalue weighted by Crippen LogP contribution is -2.07. The van der Waals surface area contributed by atoms with Crippen LogP contribution < -0.4 is 9.73 Å². The third kappa shape index (κ3) is 5.07. The zero-order valence-electron chi connectivity index (χ0n) is 19.7. The Balaban J connectivity index is 1.42. The van der Waals surface area contributed by atoms with E-state index >= 15 is 0 Å². The molecule has 180 valence electrons. The van der Waals surface area contributed by atoms with E-state index in [9.17, 15) is 0 Å². The van der Waals surface area contributed by atoms with Crippen molar-refractivity contribution in [2.24, 2.45) is 0 Å². The van der Waals surface area contributed by atoms with E-state index in [0.29, 0.717) is 5.65 Å². The van der Waals surface area contributed by atoms with Crippen molar-refractivity contribution in [3.05, 3.63) is 134 Å². The minimum absolute atomic E-state index is 0.637. The monoisotopic (exact) mass is 502 g/mol. The highest BCUT2D eigenvalue weighted by Crippen LogP contribution is 2.39. The Morgan fingerprint density at radius 2 is 1.32 bits per heavy atom. The second kappa shape index (κ2) is 10.6. The van der Waals surface area contributed by atoms with Gasteiger partial charge in [-0.1, -0.05) is 89.3 Å². The second-order valence-corrected chi connectivity index (χ2v) is 9.05. The van der Waals surface area contributed by atoms with Crippen LogP contribution in [0, 0.1) is 0 Å². The van der Waals surface area contributed by atoms with E-state index in [2.05, 4.69) is 18.2 Å². The Labute approximate surface area is 219 Å². The van der Waals surface area contributed by atoms with E-state index < -0.39 is 0 Å². The minimum Gasteiger partial charge on any atom is -0.457 e. The smallest absolute Gasteiger partial charge is 0.179 e. The zero-order chi connectivity index (χ0) is 24.9. The van der Waals surface area contributed by atoms with Crippen molar-refractivity contribution in [2.45, 2.75) is 4.90 Å². The summed E-state index contributed by atoms with van der Waals surface area (Å²) in [4.78, 5) is 11.4. The molecule has 0 spiro atoms. The molecule has 0 bridgehead atoms. The van der Waals surface area contributed by atoms with Gasteiger partial charge in [0, 0.05) is 33.2 Å². The van der Waals surface area contributed by atoms with Crippen LogP contribution in [0.1, 0.15) is 0 Å². The number of hydrogen-bond donors (Lipinski definition) is 0. The Morgan fingerprint density at radius 3 is 2.11 bits per heavy atom. The van der Waals surface area contributed by atoms with E-state index in [1.165, 1.54) is 0 Å². The van der Waals surface area contributed by atoms with Crippen LogP contribution in [0.3, 0.4) is 0 Å². The number of aromatic nitrogens is 2. The molecule has 0 atom stereocenters. The van der Waals surface area contributed by atoms with Gasteiger partial charge in [-0.05, 0) is 42.0 Å². The van der Waals surface area contributed by atoms with Crippen LogP contribution in [0.2, 0.25) is 0 Å². The van der Waals surface area contributed by atoms with Gasteiger partial charge in [-0.2, -0.15) is 0 Å². The highest BCUT2D eigenvalue weighted by Gasteiger charge is 2.18. The lowest BCUT2D eigenvalue weighted by molar-refractivity contribution is -0.188. The quantitative estimate of drug-likeness (QED) is 0.119. The third-order valence-electron chi connectivity index (χ3n) is 5.85. The largest absolute Gasteiger partial charge is 0.457 e. The SMILES string of the molecule is c1ccc(Oc2ccccc2-c2cn(OOSc3ccccc3)c3ncc(-c4ccccc4)cc23)cc1. The molecular weight excluding hydrogens is 480 g/mol. The molecule has 6 rings (SSSR count). The van der Waals surface area contributed by atoms with Gasteiger partial charge in [0.25, 0.3) is 0 Å². The number of para-hydroxylation sites is 2. The van der Waals surface area contributed by atoms with Gasteiger partial charge in [0.05, 0.1) is 18.2 Å². The maximum Gasteiger partial charge on any atom is 0.179 e. The number of ether oxygens (including phenoxy) is 1. The molecule has 2 aromatic heterocycles. The Hall–Kier alpha value is -4.52. The lowest BCUT2D eigenvalue weighted by atomic mass is 10.0. The molecule has 0 aliphatic rings. The van der Waals surface area contributed by atoms with E-state index in [0.717, 1.165) is 56.1 Å². The maximum absolute atomic E-state index is 6.27. The van der Waals surface area contributed by atoms with E-state index in [1.807, 2.05) is 116 Å². The summed E-state index contributed by atoms with van der Waals surface area (Å²) >= 11 is 1.14. The fourth-order valence-corrected chi connectivity index (χ4v) is 4.54. The highest BCUT2D eigenvalue weighted by atomic mass is 32.2. The van der Waals surface area contributed by atoms with Gasteiger partial charge in [-0.25, -0.2) is 9.97 Å². The summed E-state index contributed by atoms with van der Waals surface area (Å²) < 4.78 is 13.3. The van der Waals surface area contributed by atoms with Gasteiger partial charge < -0.3 is 4.74 Å². The van der Waals surface area contributed by atoms with Crippen LogP contribution >= 0.6 is 12.0 Å². The first kappa shape index (κ1) is 22.9. The molecule has 0 aliphatic heterocycles. The average molecular weight is 503 g/mol. The predicted octanol–water partition coefficient (Wildman–Crippen LogP) is 8.23. The number of benzene rings is 4. The molecule has 37 heavy (non-hydrogen) atoms. The molecule has 5 nitrogen and oxygen atoms in total. The molecule has 0 unspecified atom stereocenters. The van der Waals surface area contributed by atoms with E-state index in [1.54, 1.807) is 4.73 Å². The van der Waals surface area contributed by atoms with Crippen LogP contribution in [0.25, 0.3) is 33.3 Å². The summed E-state index contributed by atoms with van der Waals surface area (Å²) in [6.07, 6.45) is 3.73. The molecular formula is C31H22N2O3S. The van der Waals surface area contributed by atoms with Gasteiger partial charge in [0.1, 0.15) is 11.5 Å². The molecule has 4 aromatic carbocycles. The molecule has 0 aliphatic carbocycles. The Kier molecular flexibility index (Phi) is 6.58. The van der Waals surface area contributed by atoms with Crippen molar-refractivity contribution in [3.8, 4) is 33.8 Å². The van der Waals surface area contributed by atoms with Crippen molar-refractivity contribution in [2.75, 3.05) is 0 Å². The first-order valence-electron chi connectivity index (χ1n) is 11.8. The standard InChI is InChI=1S/C31H22N2O3S/c1-4-12-23(13-5-1)24-20-28-29(27-18-10-11-19-30(27)34-25-14-6-2-7-15-25)22-33(31(28)32-21-24)35-36-37-26-16-8-3-9-17-26/h1-22H. The van der Waals surface area contributed by atoms with Gasteiger partial charge in [-0.15, -0.1) is 4.73 Å². The van der Waals surface area contributed by atoms with Crippen LogP contribution in [0.4, 0.5) is 0 Å². The topological polar surface area (TPSA) is 45.5 Å². The van der Waals surface area contributed by atoms with Crippen molar-refractivity contribution in [1.29, 1.82) is 0 Å². The summed E-state index contributed by atoms with van der Waals surface area (Å²) in [6.45, 7) is 0. The van der Waals surface area contributed by atoms with Crippen molar-refractivity contribution < 1.29 is 14.1 Å². The summed E-state index contributed by atoms with van der Waals surface area (Å²) in [5.74, 6) is 1.50. The molecule has 0 saturated carbocycles. The number of fused-ring (bicyclic) bond motifs is 1. The fourth-order valence-electron chi connectivity index (χ4n) is 4.10. The first-order chi connectivity index (χ1) is 18.3. The molecule has 6 heteroatoms. The van der Waals surface area contributed by atoms with Crippen LogP contribution in [0.15, 0.2) is 139 Å². The molecule has 0 amide bonds. The zero-order valence-corrected chi connectivity index (χ0v) is 20.5.